The topological polar surface area (TPSA) is 166 Å². The Labute approximate surface area is 182 Å². The number of hydrogen-bond acceptors (Lipinski definition) is 7. The van der Waals surface area contributed by atoms with Gasteiger partial charge in [0.1, 0.15) is 10.8 Å². The van der Waals surface area contributed by atoms with Gasteiger partial charge in [0.2, 0.25) is 5.91 Å². The Morgan fingerprint density at radius 1 is 1.10 bits per heavy atom. The molecule has 0 aliphatic heterocycles. The number of thiazole rings is 1. The number of nitrogens with zero attached hydrogens (tertiary/aromatic N) is 3. The van der Waals surface area contributed by atoms with Gasteiger partial charge < -0.3 is 16.8 Å². The van der Waals surface area contributed by atoms with Crippen LogP contribution in [0.5, 0.6) is 0 Å². The zero-order valence-corrected chi connectivity index (χ0v) is 17.7. The summed E-state index contributed by atoms with van der Waals surface area (Å²) < 4.78 is 0. The molecule has 6 N–H and O–H groups in total. The molecule has 0 saturated heterocycles. The van der Waals surface area contributed by atoms with Crippen LogP contribution in [0.25, 0.3) is 21.7 Å². The Balaban J connectivity index is 2.29. The molecule has 0 spiro atoms. The van der Waals surface area contributed by atoms with Gasteiger partial charge in [-0.2, -0.15) is 0 Å². The molecule has 0 saturated carbocycles. The van der Waals surface area contributed by atoms with Crippen molar-refractivity contribution in [3.8, 4) is 21.7 Å². The Hall–Kier alpha value is -3.86. The minimum Gasteiger partial charge on any atom is -0.366 e. The highest BCUT2D eigenvalue weighted by Gasteiger charge is 2.25. The summed E-state index contributed by atoms with van der Waals surface area (Å²) in [5, 5.41) is 7.53. The molecule has 4 amide bonds. The maximum atomic E-state index is 12.5. The van der Waals surface area contributed by atoms with Crippen molar-refractivity contribution in [1.29, 1.82) is 0 Å². The number of nitrogens with one attached hydrogen (secondary N) is 2. The van der Waals surface area contributed by atoms with E-state index in [1.165, 1.54) is 29.9 Å². The first-order valence-electron chi connectivity index (χ1n) is 9.43. The average molecular weight is 440 g/mol. The molecule has 0 unspecified atom stereocenters. The van der Waals surface area contributed by atoms with E-state index in [-0.39, 0.29) is 16.9 Å². The lowest BCUT2D eigenvalue weighted by molar-refractivity contribution is 0.0992. The molecule has 0 aliphatic carbocycles. The number of aryl methyl sites for hydroxylation is 1. The van der Waals surface area contributed by atoms with Crippen LogP contribution in [-0.2, 0) is 6.42 Å². The van der Waals surface area contributed by atoms with Crippen molar-refractivity contribution in [1.82, 2.24) is 20.3 Å². The Bertz CT molecular complexity index is 1160. The zero-order valence-electron chi connectivity index (χ0n) is 16.9. The molecule has 3 aromatic rings. The van der Waals surface area contributed by atoms with Crippen molar-refractivity contribution >= 4 is 35.0 Å². The fourth-order valence-electron chi connectivity index (χ4n) is 2.91. The van der Waals surface area contributed by atoms with Crippen molar-refractivity contribution in [3.05, 3.63) is 46.9 Å². The fraction of sp³-hybridized carbons (Fsp3) is 0.200. The Kier molecular flexibility index (Phi) is 6.55. The first-order chi connectivity index (χ1) is 14.8. The minimum atomic E-state index is -0.789. The molecule has 0 fully saturated rings. The van der Waals surface area contributed by atoms with Gasteiger partial charge in [0, 0.05) is 47.2 Å². The summed E-state index contributed by atoms with van der Waals surface area (Å²) in [4.78, 5) is 49.1. The predicted molar refractivity (Wildman–Crippen MR) is 118 cm³/mol. The van der Waals surface area contributed by atoms with E-state index in [4.69, 9.17) is 11.5 Å². The second-order valence-electron chi connectivity index (χ2n) is 6.44. The van der Waals surface area contributed by atoms with Crippen LogP contribution in [0.1, 0.15) is 40.3 Å². The Morgan fingerprint density at radius 2 is 1.87 bits per heavy atom. The van der Waals surface area contributed by atoms with Crippen LogP contribution in [0.3, 0.4) is 0 Å². The number of urea groups is 1. The van der Waals surface area contributed by atoms with Gasteiger partial charge in [-0.15, -0.1) is 11.3 Å². The summed E-state index contributed by atoms with van der Waals surface area (Å²) in [5.41, 5.74) is 13.5. The Morgan fingerprint density at radius 3 is 2.48 bits per heavy atom. The smallest absolute Gasteiger partial charge is 0.320 e. The lowest BCUT2D eigenvalue weighted by Crippen LogP contribution is -2.30. The highest BCUT2D eigenvalue weighted by atomic mass is 32.1. The van der Waals surface area contributed by atoms with E-state index in [1.807, 2.05) is 12.3 Å². The number of anilines is 1. The van der Waals surface area contributed by atoms with Gasteiger partial charge in [-0.1, -0.05) is 6.92 Å². The third-order valence-corrected chi connectivity index (χ3v) is 5.26. The fourth-order valence-corrected chi connectivity index (χ4v) is 3.87. The molecule has 3 rings (SSSR count). The van der Waals surface area contributed by atoms with Crippen molar-refractivity contribution < 1.29 is 14.4 Å². The summed E-state index contributed by atoms with van der Waals surface area (Å²) in [7, 11) is 0. The van der Waals surface area contributed by atoms with E-state index in [0.717, 1.165) is 5.69 Å². The molecule has 0 aliphatic rings. The summed E-state index contributed by atoms with van der Waals surface area (Å²) in [6.07, 6.45) is 5.03. The van der Waals surface area contributed by atoms with Crippen LogP contribution >= 0.6 is 11.3 Å². The van der Waals surface area contributed by atoms with E-state index in [1.54, 1.807) is 13.0 Å². The predicted octanol–water partition coefficient (Wildman–Crippen LogP) is 2.17. The number of nitrogens with two attached hydrogens (primary N) is 2. The highest BCUT2D eigenvalue weighted by Crippen LogP contribution is 2.38. The third-order valence-electron chi connectivity index (χ3n) is 4.36. The average Bonchev–Trinajstić information content (AvgIpc) is 3.22. The van der Waals surface area contributed by atoms with E-state index >= 15 is 0 Å². The molecule has 31 heavy (non-hydrogen) atoms. The number of rotatable bonds is 7. The lowest BCUT2D eigenvalue weighted by atomic mass is 9.97. The van der Waals surface area contributed by atoms with Gasteiger partial charge >= 0.3 is 6.03 Å². The standard InChI is InChI=1S/C20H21N7O3S/c1-3-12-9-31-19(26-12)14-13(10-5-11(16(21)28)7-23-6-10)8-25-18(15(14)17(22)29)27-20(30)24-4-2/h5-9H,3-4H2,1-2H3,(H2,21,28)(H2,22,29)(H2,24,25,27,30). The molecule has 3 aromatic heterocycles. The van der Waals surface area contributed by atoms with Crippen molar-refractivity contribution in [2.75, 3.05) is 11.9 Å². The van der Waals surface area contributed by atoms with Crippen LogP contribution in [0.4, 0.5) is 10.6 Å². The molecule has 160 valence electrons. The molecular formula is C20H21N7O3S. The summed E-state index contributed by atoms with van der Waals surface area (Å²) >= 11 is 1.33. The maximum Gasteiger partial charge on any atom is 0.320 e. The number of amides is 4. The number of aromatic nitrogens is 3. The lowest BCUT2D eigenvalue weighted by Gasteiger charge is -2.16. The van der Waals surface area contributed by atoms with Gasteiger partial charge in [-0.25, -0.2) is 14.8 Å². The van der Waals surface area contributed by atoms with Crippen molar-refractivity contribution in [2.24, 2.45) is 11.5 Å². The third kappa shape index (κ3) is 4.67. The summed E-state index contributed by atoms with van der Waals surface area (Å²) in [5.74, 6) is -1.43. The van der Waals surface area contributed by atoms with Crippen LogP contribution in [0.2, 0.25) is 0 Å². The number of carbonyl (C=O) groups is 3. The van der Waals surface area contributed by atoms with E-state index in [2.05, 4.69) is 25.6 Å². The van der Waals surface area contributed by atoms with Gasteiger partial charge in [0.05, 0.1) is 16.8 Å². The van der Waals surface area contributed by atoms with Crippen LogP contribution in [-0.4, -0.2) is 39.3 Å². The molecular weight excluding hydrogens is 418 g/mol. The van der Waals surface area contributed by atoms with Crippen molar-refractivity contribution in [3.63, 3.8) is 0 Å². The summed E-state index contributed by atoms with van der Waals surface area (Å²) in [6.45, 7) is 4.11. The number of pyridine rings is 2. The first-order valence-corrected chi connectivity index (χ1v) is 10.3. The van der Waals surface area contributed by atoms with Gasteiger partial charge in [-0.05, 0) is 19.4 Å². The van der Waals surface area contributed by atoms with E-state index in [0.29, 0.717) is 34.7 Å². The van der Waals surface area contributed by atoms with Gasteiger partial charge in [-0.3, -0.25) is 19.9 Å². The second kappa shape index (κ2) is 9.30. The monoisotopic (exact) mass is 439 g/mol. The van der Waals surface area contributed by atoms with Crippen LogP contribution in [0.15, 0.2) is 30.0 Å². The molecule has 10 nitrogen and oxygen atoms in total. The number of primary amides is 2. The maximum absolute atomic E-state index is 12.5. The van der Waals surface area contributed by atoms with Gasteiger partial charge in [0.15, 0.2) is 0 Å². The molecule has 0 aromatic carbocycles. The highest BCUT2D eigenvalue weighted by molar-refractivity contribution is 7.13. The quantitative estimate of drug-likeness (QED) is 0.440. The summed E-state index contributed by atoms with van der Waals surface area (Å²) in [6, 6.07) is 1.02. The molecule has 0 radical (unpaired) electrons. The normalized spacial score (nSPS) is 10.5. The number of carbonyl (C=O) groups excluding carboxylic acids is 3. The molecule has 3 heterocycles. The molecule has 0 bridgehead atoms. The van der Waals surface area contributed by atoms with Gasteiger partial charge in [0.25, 0.3) is 5.91 Å². The molecule has 0 atom stereocenters. The van der Waals surface area contributed by atoms with E-state index < -0.39 is 17.8 Å². The van der Waals surface area contributed by atoms with Crippen LogP contribution in [0, 0.1) is 0 Å². The second-order valence-corrected chi connectivity index (χ2v) is 7.30. The zero-order chi connectivity index (χ0) is 22.5. The SMILES string of the molecule is CCNC(=O)Nc1ncc(-c2cncc(C(N)=O)c2)c(-c2nc(CC)cs2)c1C(N)=O. The largest absolute Gasteiger partial charge is 0.366 e. The van der Waals surface area contributed by atoms with Crippen molar-refractivity contribution in [2.45, 2.75) is 20.3 Å². The number of hydrogen-bond donors (Lipinski definition) is 4. The first kappa shape index (κ1) is 21.8. The van der Waals surface area contributed by atoms with E-state index in [9.17, 15) is 14.4 Å². The minimum absolute atomic E-state index is 0.00413. The molecule has 11 heteroatoms. The van der Waals surface area contributed by atoms with Crippen LogP contribution < -0.4 is 22.1 Å².